The van der Waals surface area contributed by atoms with Crippen LogP contribution in [0.2, 0.25) is 0 Å². The molecule has 1 saturated carbocycles. The first kappa shape index (κ1) is 13.8. The molecule has 1 aromatic heterocycles. The van der Waals surface area contributed by atoms with Gasteiger partial charge >= 0.3 is 6.01 Å². The van der Waals surface area contributed by atoms with Gasteiger partial charge in [0.1, 0.15) is 0 Å². The predicted molar refractivity (Wildman–Crippen MR) is 70.8 cm³/mol. The average Bonchev–Trinajstić information content (AvgIpc) is 3.22. The number of rotatable bonds is 9. The van der Waals surface area contributed by atoms with E-state index in [0.717, 1.165) is 12.5 Å². The van der Waals surface area contributed by atoms with Crippen LogP contribution in [0.4, 0.5) is 11.9 Å². The van der Waals surface area contributed by atoms with Crippen LogP contribution in [0.3, 0.4) is 0 Å². The lowest BCUT2D eigenvalue weighted by molar-refractivity contribution is 0.133. The van der Waals surface area contributed by atoms with E-state index in [-0.39, 0.29) is 12.0 Å². The molecule has 8 heteroatoms. The normalized spacial score (nSPS) is 14.2. The Kier molecular flexibility index (Phi) is 5.10. The van der Waals surface area contributed by atoms with Gasteiger partial charge in [-0.25, -0.2) is 5.84 Å². The van der Waals surface area contributed by atoms with Gasteiger partial charge < -0.3 is 14.8 Å². The highest BCUT2D eigenvalue weighted by Crippen LogP contribution is 2.28. The molecule has 106 valence electrons. The Morgan fingerprint density at radius 3 is 2.74 bits per heavy atom. The number of hydrazine groups is 1. The first-order valence-electron chi connectivity index (χ1n) is 6.49. The Morgan fingerprint density at radius 1 is 1.26 bits per heavy atom. The molecule has 1 aliphatic carbocycles. The maximum Gasteiger partial charge on any atom is 0.323 e. The maximum atomic E-state index is 5.51. The van der Waals surface area contributed by atoms with Gasteiger partial charge in [-0.2, -0.15) is 15.0 Å². The largest absolute Gasteiger partial charge is 0.464 e. The zero-order chi connectivity index (χ0) is 13.5. The van der Waals surface area contributed by atoms with Gasteiger partial charge in [-0.05, 0) is 25.7 Å². The fourth-order valence-corrected chi connectivity index (χ4v) is 1.46. The topological polar surface area (TPSA) is 107 Å². The molecule has 0 atom stereocenters. The van der Waals surface area contributed by atoms with Gasteiger partial charge in [0.15, 0.2) is 0 Å². The highest BCUT2D eigenvalue weighted by molar-refractivity contribution is 5.34. The van der Waals surface area contributed by atoms with Crippen LogP contribution in [0.1, 0.15) is 19.8 Å². The molecule has 0 radical (unpaired) electrons. The summed E-state index contributed by atoms with van der Waals surface area (Å²) in [6.45, 7) is 4.44. The molecule has 0 aliphatic heterocycles. The van der Waals surface area contributed by atoms with Gasteiger partial charge in [-0.3, -0.25) is 5.43 Å². The van der Waals surface area contributed by atoms with Crippen molar-refractivity contribution in [2.75, 3.05) is 37.1 Å². The molecule has 0 unspecified atom stereocenters. The number of hydrogen-bond acceptors (Lipinski definition) is 8. The molecule has 0 saturated heterocycles. The van der Waals surface area contributed by atoms with Gasteiger partial charge in [0.2, 0.25) is 11.9 Å². The highest BCUT2D eigenvalue weighted by Gasteiger charge is 2.20. The third kappa shape index (κ3) is 4.84. The lowest BCUT2D eigenvalue weighted by atomic mass is 10.5. The molecule has 1 heterocycles. The minimum absolute atomic E-state index is 0.242. The van der Waals surface area contributed by atoms with Crippen molar-refractivity contribution in [3.63, 3.8) is 0 Å². The molecular weight excluding hydrogens is 248 g/mol. The molecule has 1 aromatic rings. The van der Waals surface area contributed by atoms with Crippen LogP contribution in [0.25, 0.3) is 0 Å². The van der Waals surface area contributed by atoms with E-state index in [2.05, 4.69) is 25.7 Å². The Labute approximate surface area is 112 Å². The van der Waals surface area contributed by atoms with E-state index in [0.29, 0.717) is 25.7 Å². The summed E-state index contributed by atoms with van der Waals surface area (Å²) in [6.07, 6.45) is 2.59. The van der Waals surface area contributed by atoms with Crippen molar-refractivity contribution in [3.8, 4) is 6.01 Å². The molecule has 1 fully saturated rings. The zero-order valence-electron chi connectivity index (χ0n) is 11.1. The Morgan fingerprint density at radius 2 is 2.05 bits per heavy atom. The second-order valence-corrected chi connectivity index (χ2v) is 4.29. The Hall–Kier alpha value is -1.67. The maximum absolute atomic E-state index is 5.51. The van der Waals surface area contributed by atoms with E-state index in [9.17, 15) is 0 Å². The van der Waals surface area contributed by atoms with Crippen molar-refractivity contribution >= 4 is 11.9 Å². The number of nitrogens with one attached hydrogen (secondary N) is 2. The molecule has 0 aromatic carbocycles. The van der Waals surface area contributed by atoms with Crippen molar-refractivity contribution in [2.24, 2.45) is 11.8 Å². The third-order valence-electron chi connectivity index (χ3n) is 2.60. The second-order valence-electron chi connectivity index (χ2n) is 4.29. The third-order valence-corrected chi connectivity index (χ3v) is 2.60. The monoisotopic (exact) mass is 268 g/mol. The summed E-state index contributed by atoms with van der Waals surface area (Å²) in [6, 6.07) is 0.242. The van der Waals surface area contributed by atoms with E-state index in [4.69, 9.17) is 15.3 Å². The smallest absolute Gasteiger partial charge is 0.323 e. The summed E-state index contributed by atoms with van der Waals surface area (Å²) in [4.78, 5) is 12.1. The molecule has 4 N–H and O–H groups in total. The molecule has 0 bridgehead atoms. The van der Waals surface area contributed by atoms with E-state index in [1.165, 1.54) is 12.8 Å². The molecule has 0 amide bonds. The minimum Gasteiger partial charge on any atom is -0.464 e. The summed E-state index contributed by atoms with van der Waals surface area (Å²) < 4.78 is 10.7. The molecular formula is C11H20N6O2. The van der Waals surface area contributed by atoms with Gasteiger partial charge in [-0.1, -0.05) is 0 Å². The highest BCUT2D eigenvalue weighted by atomic mass is 16.5. The van der Waals surface area contributed by atoms with Gasteiger partial charge in [-0.15, -0.1) is 0 Å². The van der Waals surface area contributed by atoms with Crippen LogP contribution in [0, 0.1) is 5.92 Å². The Bertz CT molecular complexity index is 399. The Balaban J connectivity index is 1.78. The van der Waals surface area contributed by atoms with Crippen LogP contribution in [-0.4, -0.2) is 41.3 Å². The van der Waals surface area contributed by atoms with Crippen molar-refractivity contribution in [1.29, 1.82) is 0 Å². The van der Waals surface area contributed by atoms with Crippen molar-refractivity contribution < 1.29 is 9.47 Å². The van der Waals surface area contributed by atoms with Gasteiger partial charge in [0.25, 0.3) is 0 Å². The first-order chi connectivity index (χ1) is 9.31. The molecule has 0 spiro atoms. The average molecular weight is 268 g/mol. The van der Waals surface area contributed by atoms with E-state index in [1.807, 2.05) is 6.92 Å². The number of nitrogen functional groups attached to an aromatic ring is 1. The van der Waals surface area contributed by atoms with Crippen molar-refractivity contribution in [3.05, 3.63) is 0 Å². The minimum atomic E-state index is 0.242. The molecule has 1 aliphatic rings. The summed E-state index contributed by atoms with van der Waals surface area (Å²) in [5, 5.41) is 3.05. The fourth-order valence-electron chi connectivity index (χ4n) is 1.46. The summed E-state index contributed by atoms with van der Waals surface area (Å²) in [5.74, 6) is 6.74. The van der Waals surface area contributed by atoms with Crippen molar-refractivity contribution in [1.82, 2.24) is 15.0 Å². The lowest BCUT2D eigenvalue weighted by Gasteiger charge is -2.08. The first-order valence-corrected chi connectivity index (χ1v) is 6.49. The van der Waals surface area contributed by atoms with Crippen LogP contribution >= 0.6 is 0 Å². The zero-order valence-corrected chi connectivity index (χ0v) is 11.1. The molecule has 19 heavy (non-hydrogen) atoms. The number of anilines is 2. The summed E-state index contributed by atoms with van der Waals surface area (Å²) in [7, 11) is 0. The van der Waals surface area contributed by atoms with Gasteiger partial charge in [0.05, 0.1) is 13.2 Å². The SMILES string of the molecule is CCOc1nc(NN)nc(NCCOCC2CC2)n1. The van der Waals surface area contributed by atoms with Crippen LogP contribution in [0.15, 0.2) is 0 Å². The number of nitrogens with zero attached hydrogens (tertiary/aromatic N) is 3. The number of hydrogen-bond donors (Lipinski definition) is 3. The molecule has 2 rings (SSSR count). The van der Waals surface area contributed by atoms with E-state index in [1.54, 1.807) is 0 Å². The second kappa shape index (κ2) is 7.05. The fraction of sp³-hybridized carbons (Fsp3) is 0.727. The summed E-state index contributed by atoms with van der Waals surface area (Å²) >= 11 is 0. The van der Waals surface area contributed by atoms with Gasteiger partial charge in [0, 0.05) is 13.2 Å². The predicted octanol–water partition coefficient (Wildman–Crippen LogP) is 0.394. The lowest BCUT2D eigenvalue weighted by Crippen LogP contribution is -2.16. The number of ether oxygens (including phenoxy) is 2. The summed E-state index contributed by atoms with van der Waals surface area (Å²) in [5.41, 5.74) is 2.38. The number of nitrogens with two attached hydrogens (primary N) is 1. The van der Waals surface area contributed by atoms with Crippen molar-refractivity contribution in [2.45, 2.75) is 19.8 Å². The quantitative estimate of drug-likeness (QED) is 0.335. The number of aromatic nitrogens is 3. The van der Waals surface area contributed by atoms with Crippen LogP contribution in [0.5, 0.6) is 6.01 Å². The van der Waals surface area contributed by atoms with E-state index < -0.39 is 0 Å². The standard InChI is InChI=1S/C11H20N6O2/c1-2-19-11-15-9(14-10(16-11)17-12)13-5-6-18-7-8-3-4-8/h8H,2-7,12H2,1H3,(H2,13,14,15,16,17). The van der Waals surface area contributed by atoms with Crippen LogP contribution < -0.4 is 21.3 Å². The molecule has 8 nitrogen and oxygen atoms in total. The van der Waals surface area contributed by atoms with E-state index >= 15 is 0 Å². The van der Waals surface area contributed by atoms with Crippen LogP contribution in [-0.2, 0) is 4.74 Å².